The molecule has 0 saturated carbocycles. The van der Waals surface area contributed by atoms with Crippen molar-refractivity contribution >= 4 is 21.6 Å². The van der Waals surface area contributed by atoms with Gasteiger partial charge >= 0.3 is 6.08 Å². The third kappa shape index (κ3) is 2.10. The van der Waals surface area contributed by atoms with Crippen molar-refractivity contribution in [2.45, 2.75) is 0 Å². The molecule has 6 heteroatoms. The van der Waals surface area contributed by atoms with Crippen LogP contribution in [0.4, 0.5) is 5.69 Å². The number of nitrogens with zero attached hydrogens (tertiary/aromatic N) is 2. The minimum absolute atomic E-state index is 0.128. The Morgan fingerprint density at radius 1 is 1.33 bits per heavy atom. The molecule has 0 atom stereocenters. The molecule has 0 fully saturated rings. The standard InChI is InChI=1S/C9H8BrN3O2/c1-14-9-13-12-8(15-9)5-2-6(10)4-7(11)3-5/h2-4H,11H2,1H3. The van der Waals surface area contributed by atoms with Crippen molar-refractivity contribution < 1.29 is 9.15 Å². The number of nitrogen functional groups attached to an aromatic ring is 1. The minimum atomic E-state index is 0.128. The van der Waals surface area contributed by atoms with Crippen molar-refractivity contribution in [3.8, 4) is 17.5 Å². The molecule has 2 aromatic rings. The number of ether oxygens (including phenoxy) is 1. The van der Waals surface area contributed by atoms with Crippen LogP contribution in [0.15, 0.2) is 27.1 Å². The van der Waals surface area contributed by atoms with E-state index in [9.17, 15) is 0 Å². The van der Waals surface area contributed by atoms with Crippen LogP contribution in [0.5, 0.6) is 6.08 Å². The topological polar surface area (TPSA) is 74.2 Å². The Balaban J connectivity index is 2.44. The Morgan fingerprint density at radius 3 is 2.73 bits per heavy atom. The Bertz CT molecular complexity index is 464. The van der Waals surface area contributed by atoms with Crippen LogP contribution in [0.3, 0.4) is 0 Å². The van der Waals surface area contributed by atoms with Crippen LogP contribution in [0.2, 0.25) is 0 Å². The molecule has 1 aromatic heterocycles. The van der Waals surface area contributed by atoms with Crippen molar-refractivity contribution in [1.29, 1.82) is 0 Å². The summed E-state index contributed by atoms with van der Waals surface area (Å²) in [5.74, 6) is 0.375. The van der Waals surface area contributed by atoms with Crippen molar-refractivity contribution in [3.63, 3.8) is 0 Å². The second kappa shape index (κ2) is 3.90. The molecule has 0 radical (unpaired) electrons. The van der Waals surface area contributed by atoms with Gasteiger partial charge in [-0.05, 0) is 18.2 Å². The highest BCUT2D eigenvalue weighted by molar-refractivity contribution is 9.10. The fourth-order valence-electron chi connectivity index (χ4n) is 1.14. The van der Waals surface area contributed by atoms with Crippen molar-refractivity contribution in [2.75, 3.05) is 12.8 Å². The van der Waals surface area contributed by atoms with Gasteiger partial charge in [-0.15, -0.1) is 5.10 Å². The number of anilines is 1. The predicted octanol–water partition coefficient (Wildman–Crippen LogP) is 2.09. The van der Waals surface area contributed by atoms with Gasteiger partial charge in [0.15, 0.2) is 0 Å². The van der Waals surface area contributed by atoms with Gasteiger partial charge in [-0.25, -0.2) is 0 Å². The highest BCUT2D eigenvalue weighted by Gasteiger charge is 2.09. The molecule has 0 spiro atoms. The summed E-state index contributed by atoms with van der Waals surface area (Å²) in [4.78, 5) is 0. The van der Waals surface area contributed by atoms with E-state index in [4.69, 9.17) is 14.9 Å². The number of aromatic nitrogens is 2. The summed E-state index contributed by atoms with van der Waals surface area (Å²) in [6, 6.07) is 5.37. The molecule has 2 N–H and O–H groups in total. The summed E-state index contributed by atoms with van der Waals surface area (Å²) in [6.07, 6.45) is 0.128. The van der Waals surface area contributed by atoms with Gasteiger partial charge in [-0.2, -0.15) is 0 Å². The van der Waals surface area contributed by atoms with Crippen molar-refractivity contribution in [3.05, 3.63) is 22.7 Å². The van der Waals surface area contributed by atoms with Gasteiger partial charge in [0.05, 0.1) is 7.11 Å². The summed E-state index contributed by atoms with van der Waals surface area (Å²) in [5, 5.41) is 7.50. The van der Waals surface area contributed by atoms with Gasteiger partial charge < -0.3 is 14.9 Å². The zero-order valence-electron chi connectivity index (χ0n) is 7.90. The van der Waals surface area contributed by atoms with Gasteiger partial charge in [-0.1, -0.05) is 21.0 Å². The van der Waals surface area contributed by atoms with Gasteiger partial charge in [-0.3, -0.25) is 0 Å². The summed E-state index contributed by atoms with van der Waals surface area (Å²) in [6.45, 7) is 0. The van der Waals surface area contributed by atoms with E-state index in [0.29, 0.717) is 11.6 Å². The molecule has 78 valence electrons. The molecular weight excluding hydrogens is 262 g/mol. The maximum Gasteiger partial charge on any atom is 0.414 e. The van der Waals surface area contributed by atoms with Crippen LogP contribution < -0.4 is 10.5 Å². The van der Waals surface area contributed by atoms with E-state index in [0.717, 1.165) is 10.0 Å². The lowest BCUT2D eigenvalue weighted by molar-refractivity contribution is 0.293. The second-order valence-corrected chi connectivity index (χ2v) is 3.77. The quantitative estimate of drug-likeness (QED) is 0.846. The third-order valence-corrected chi connectivity index (χ3v) is 2.21. The highest BCUT2D eigenvalue weighted by atomic mass is 79.9. The molecule has 0 saturated heterocycles. The van der Waals surface area contributed by atoms with Crippen LogP contribution in [0, 0.1) is 0 Å². The number of hydrogen-bond acceptors (Lipinski definition) is 5. The smallest absolute Gasteiger partial charge is 0.414 e. The molecule has 2 rings (SSSR count). The van der Waals surface area contributed by atoms with Crippen LogP contribution in [0.1, 0.15) is 0 Å². The molecule has 0 unspecified atom stereocenters. The molecule has 0 aliphatic carbocycles. The number of nitrogens with two attached hydrogens (primary N) is 1. The number of benzene rings is 1. The van der Waals surface area contributed by atoms with E-state index in [1.165, 1.54) is 7.11 Å². The minimum Gasteiger partial charge on any atom is -0.452 e. The van der Waals surface area contributed by atoms with Crippen molar-refractivity contribution in [2.24, 2.45) is 0 Å². The first kappa shape index (κ1) is 9.97. The third-order valence-electron chi connectivity index (χ3n) is 1.75. The Labute approximate surface area is 94.4 Å². The average Bonchev–Trinajstić information content (AvgIpc) is 2.64. The van der Waals surface area contributed by atoms with E-state index in [1.807, 2.05) is 6.07 Å². The molecule has 1 aromatic carbocycles. The lowest BCUT2D eigenvalue weighted by atomic mass is 10.2. The number of methoxy groups -OCH3 is 1. The number of hydrogen-bond donors (Lipinski definition) is 1. The summed E-state index contributed by atoms with van der Waals surface area (Å²) in [5.41, 5.74) is 7.05. The first-order valence-corrected chi connectivity index (χ1v) is 4.92. The summed E-state index contributed by atoms with van der Waals surface area (Å²) in [7, 11) is 1.46. The first-order chi connectivity index (χ1) is 7.19. The molecule has 5 nitrogen and oxygen atoms in total. The van der Waals surface area contributed by atoms with E-state index < -0.39 is 0 Å². The van der Waals surface area contributed by atoms with E-state index >= 15 is 0 Å². The Hall–Kier alpha value is -1.56. The average molecular weight is 270 g/mol. The number of halogens is 1. The maximum atomic E-state index is 5.68. The van der Waals surface area contributed by atoms with Crippen LogP contribution in [-0.2, 0) is 0 Å². The molecule has 0 bridgehead atoms. The zero-order chi connectivity index (χ0) is 10.8. The highest BCUT2D eigenvalue weighted by Crippen LogP contribution is 2.26. The second-order valence-electron chi connectivity index (χ2n) is 2.85. The molecular formula is C9H8BrN3O2. The van der Waals surface area contributed by atoms with Gasteiger partial charge in [0.25, 0.3) is 5.89 Å². The fourth-order valence-corrected chi connectivity index (χ4v) is 1.66. The molecule has 0 aliphatic rings. The summed E-state index contributed by atoms with van der Waals surface area (Å²) < 4.78 is 10.9. The molecule has 0 amide bonds. The van der Waals surface area contributed by atoms with E-state index in [-0.39, 0.29) is 6.08 Å². The first-order valence-electron chi connectivity index (χ1n) is 4.13. The molecule has 0 aliphatic heterocycles. The van der Waals surface area contributed by atoms with E-state index in [1.54, 1.807) is 12.1 Å². The van der Waals surface area contributed by atoms with Crippen LogP contribution in [-0.4, -0.2) is 17.3 Å². The Morgan fingerprint density at radius 2 is 2.13 bits per heavy atom. The molecule has 1 heterocycles. The summed E-state index contributed by atoms with van der Waals surface area (Å²) >= 11 is 3.33. The lowest BCUT2D eigenvalue weighted by Crippen LogP contribution is -1.86. The SMILES string of the molecule is COc1nnc(-c2cc(N)cc(Br)c2)o1. The normalized spacial score (nSPS) is 10.3. The largest absolute Gasteiger partial charge is 0.452 e. The predicted molar refractivity (Wildman–Crippen MR) is 58.4 cm³/mol. The maximum absolute atomic E-state index is 5.68. The van der Waals surface area contributed by atoms with Gasteiger partial charge in [0.2, 0.25) is 0 Å². The van der Waals surface area contributed by atoms with E-state index in [2.05, 4.69) is 26.1 Å². The van der Waals surface area contributed by atoms with Crippen LogP contribution >= 0.6 is 15.9 Å². The van der Waals surface area contributed by atoms with Gasteiger partial charge in [0, 0.05) is 15.7 Å². The van der Waals surface area contributed by atoms with Gasteiger partial charge in [0.1, 0.15) is 0 Å². The van der Waals surface area contributed by atoms with Crippen LogP contribution in [0.25, 0.3) is 11.5 Å². The molecule has 15 heavy (non-hydrogen) atoms. The Kier molecular flexibility index (Phi) is 2.59. The monoisotopic (exact) mass is 269 g/mol. The van der Waals surface area contributed by atoms with Crippen molar-refractivity contribution in [1.82, 2.24) is 10.2 Å². The fraction of sp³-hybridized carbons (Fsp3) is 0.111. The lowest BCUT2D eigenvalue weighted by Gasteiger charge is -1.98. The number of rotatable bonds is 2. The zero-order valence-corrected chi connectivity index (χ0v) is 9.48.